The van der Waals surface area contributed by atoms with E-state index in [2.05, 4.69) is 18.7 Å². The summed E-state index contributed by atoms with van der Waals surface area (Å²) in [5.74, 6) is 0.255. The molecule has 0 aromatic heterocycles. The molecule has 0 aliphatic heterocycles. The van der Waals surface area contributed by atoms with Gasteiger partial charge in [0.25, 0.3) is 0 Å². The average Bonchev–Trinajstić information content (AvgIpc) is 2.72. The second-order valence-corrected chi connectivity index (χ2v) is 7.72. The predicted molar refractivity (Wildman–Crippen MR) is 110 cm³/mol. The van der Waals surface area contributed by atoms with Crippen LogP contribution in [0.25, 0.3) is 0 Å². The summed E-state index contributed by atoms with van der Waals surface area (Å²) in [4.78, 5) is 0. The van der Waals surface area contributed by atoms with Crippen LogP contribution in [0.15, 0.2) is 55.1 Å². The molecule has 1 aliphatic carbocycles. The Hall–Kier alpha value is -2.00. The van der Waals surface area contributed by atoms with Crippen molar-refractivity contribution in [2.75, 3.05) is 6.61 Å². The van der Waals surface area contributed by atoms with Crippen molar-refractivity contribution < 1.29 is 13.5 Å². The molecule has 1 saturated carbocycles. The number of ether oxygens (including phenoxy) is 1. The maximum Gasteiger partial charge on any atom is 0.132 e. The number of allylic oxidation sites excluding steroid dienone is 1. The van der Waals surface area contributed by atoms with Crippen LogP contribution < -0.4 is 0 Å². The molecule has 3 rings (SSSR count). The van der Waals surface area contributed by atoms with E-state index in [4.69, 9.17) is 4.74 Å². The molecular weight excluding hydrogens is 354 g/mol. The Morgan fingerprint density at radius 1 is 1.04 bits per heavy atom. The quantitative estimate of drug-likeness (QED) is 0.433. The van der Waals surface area contributed by atoms with Gasteiger partial charge in [-0.25, -0.2) is 8.78 Å². The molecule has 1 aliphatic rings. The van der Waals surface area contributed by atoms with Crippen molar-refractivity contribution >= 4 is 0 Å². The van der Waals surface area contributed by atoms with Gasteiger partial charge in [0.1, 0.15) is 17.7 Å². The summed E-state index contributed by atoms with van der Waals surface area (Å²) in [5, 5.41) is 0. The van der Waals surface area contributed by atoms with E-state index in [0.29, 0.717) is 12.5 Å². The lowest BCUT2D eigenvalue weighted by atomic mass is 9.77. The molecule has 1 unspecified atom stereocenters. The smallest absolute Gasteiger partial charge is 0.132 e. The number of halogens is 2. The zero-order valence-electron chi connectivity index (χ0n) is 16.7. The zero-order valence-corrected chi connectivity index (χ0v) is 16.7. The second-order valence-electron chi connectivity index (χ2n) is 7.72. The van der Waals surface area contributed by atoms with Crippen LogP contribution in [-0.2, 0) is 4.74 Å². The van der Waals surface area contributed by atoms with Crippen molar-refractivity contribution in [3.8, 4) is 0 Å². The normalized spacial score (nSPS) is 20.7. The third-order valence-corrected chi connectivity index (χ3v) is 5.93. The Bertz CT molecular complexity index is 740. The molecule has 0 bridgehead atoms. The van der Waals surface area contributed by atoms with Crippen LogP contribution in [0.2, 0.25) is 0 Å². The van der Waals surface area contributed by atoms with Crippen LogP contribution in [0, 0.1) is 17.6 Å². The van der Waals surface area contributed by atoms with Gasteiger partial charge in [-0.1, -0.05) is 36.4 Å². The highest BCUT2D eigenvalue weighted by Crippen LogP contribution is 2.38. The van der Waals surface area contributed by atoms with Gasteiger partial charge < -0.3 is 4.74 Å². The van der Waals surface area contributed by atoms with Gasteiger partial charge in [0.2, 0.25) is 0 Å². The van der Waals surface area contributed by atoms with E-state index in [-0.39, 0.29) is 5.56 Å². The lowest BCUT2D eigenvalue weighted by molar-refractivity contribution is 0.0859. The van der Waals surface area contributed by atoms with Crippen molar-refractivity contribution in [2.24, 2.45) is 5.92 Å². The van der Waals surface area contributed by atoms with Crippen LogP contribution in [0.4, 0.5) is 8.78 Å². The van der Waals surface area contributed by atoms with Gasteiger partial charge in [0, 0.05) is 6.61 Å². The molecule has 0 spiro atoms. The molecule has 1 atom stereocenters. The highest BCUT2D eigenvalue weighted by atomic mass is 19.1. The van der Waals surface area contributed by atoms with Gasteiger partial charge in [-0.05, 0) is 80.5 Å². The van der Waals surface area contributed by atoms with E-state index >= 15 is 0 Å². The summed E-state index contributed by atoms with van der Waals surface area (Å²) in [6.07, 6.45) is 8.59. The fraction of sp³-hybridized carbons (Fsp3) is 0.440. The van der Waals surface area contributed by atoms with Crippen molar-refractivity contribution in [1.82, 2.24) is 0 Å². The van der Waals surface area contributed by atoms with E-state index in [0.717, 1.165) is 17.9 Å². The molecule has 2 aromatic rings. The van der Waals surface area contributed by atoms with Crippen LogP contribution >= 0.6 is 0 Å². The molecule has 150 valence electrons. The van der Waals surface area contributed by atoms with Crippen LogP contribution in [0.5, 0.6) is 0 Å². The second kappa shape index (κ2) is 9.97. The fourth-order valence-electron chi connectivity index (χ4n) is 4.36. The van der Waals surface area contributed by atoms with Crippen molar-refractivity contribution in [3.05, 3.63) is 83.4 Å². The summed E-state index contributed by atoms with van der Waals surface area (Å²) < 4.78 is 34.3. The van der Waals surface area contributed by atoms with Gasteiger partial charge in [-0.2, -0.15) is 0 Å². The molecular formula is C25H30F2O. The van der Waals surface area contributed by atoms with Crippen LogP contribution in [-0.4, -0.2) is 6.61 Å². The van der Waals surface area contributed by atoms with Gasteiger partial charge >= 0.3 is 0 Å². The number of hydrogen-bond donors (Lipinski definition) is 0. The molecule has 0 saturated heterocycles. The Balaban J connectivity index is 1.73. The van der Waals surface area contributed by atoms with Crippen molar-refractivity contribution in [3.63, 3.8) is 0 Å². The summed E-state index contributed by atoms with van der Waals surface area (Å²) in [6, 6.07) is 12.1. The lowest BCUT2D eigenvalue weighted by Crippen LogP contribution is -2.14. The van der Waals surface area contributed by atoms with E-state index < -0.39 is 17.7 Å². The summed E-state index contributed by atoms with van der Waals surface area (Å²) in [7, 11) is 0. The minimum atomic E-state index is -0.727. The van der Waals surface area contributed by atoms with Gasteiger partial charge in [-0.3, -0.25) is 0 Å². The first-order valence-electron chi connectivity index (χ1n) is 10.4. The standard InChI is InChI=1S/C25H30F2O/c1-3-5-7-18-10-12-19(13-11-18)20-14-16-21(17-15-20)25(28-4-2)24-22(26)8-6-9-23(24)27/h3,6,8-9,14-19,25H,1,4-5,7,10-13H2,2H3. The molecule has 28 heavy (non-hydrogen) atoms. The van der Waals surface area contributed by atoms with Gasteiger partial charge in [0.05, 0.1) is 5.56 Å². The molecule has 0 N–H and O–H groups in total. The van der Waals surface area contributed by atoms with E-state index in [1.54, 1.807) is 0 Å². The predicted octanol–water partition coefficient (Wildman–Crippen LogP) is 7.33. The molecule has 0 amide bonds. The van der Waals surface area contributed by atoms with E-state index in [1.807, 2.05) is 25.1 Å². The summed E-state index contributed by atoms with van der Waals surface area (Å²) in [5.41, 5.74) is 2.09. The monoisotopic (exact) mass is 384 g/mol. The van der Waals surface area contributed by atoms with Crippen molar-refractivity contribution in [1.29, 1.82) is 0 Å². The topological polar surface area (TPSA) is 9.23 Å². The first-order chi connectivity index (χ1) is 13.6. The Kier molecular flexibility index (Phi) is 7.38. The third-order valence-electron chi connectivity index (χ3n) is 5.93. The first kappa shape index (κ1) is 20.7. The van der Waals surface area contributed by atoms with Crippen LogP contribution in [0.1, 0.15) is 74.2 Å². The maximum absolute atomic E-state index is 14.3. The molecule has 2 aromatic carbocycles. The summed E-state index contributed by atoms with van der Waals surface area (Å²) >= 11 is 0. The van der Waals surface area contributed by atoms with Crippen molar-refractivity contribution in [2.45, 2.75) is 57.5 Å². The van der Waals surface area contributed by atoms with Gasteiger partial charge in [0.15, 0.2) is 0 Å². The summed E-state index contributed by atoms with van der Waals surface area (Å²) in [6.45, 7) is 6.04. The average molecular weight is 385 g/mol. The number of rotatable bonds is 8. The Morgan fingerprint density at radius 2 is 1.68 bits per heavy atom. The van der Waals surface area contributed by atoms with Crippen LogP contribution in [0.3, 0.4) is 0 Å². The first-order valence-corrected chi connectivity index (χ1v) is 10.4. The Morgan fingerprint density at radius 3 is 2.25 bits per heavy atom. The fourth-order valence-corrected chi connectivity index (χ4v) is 4.36. The molecule has 0 heterocycles. The minimum absolute atomic E-state index is 0.0140. The minimum Gasteiger partial charge on any atom is -0.369 e. The Labute approximate surface area is 167 Å². The number of hydrogen-bond acceptors (Lipinski definition) is 1. The lowest BCUT2D eigenvalue weighted by Gasteiger charge is -2.29. The maximum atomic E-state index is 14.3. The molecule has 1 fully saturated rings. The third kappa shape index (κ3) is 4.88. The largest absolute Gasteiger partial charge is 0.369 e. The van der Waals surface area contributed by atoms with E-state index in [1.165, 1.54) is 55.9 Å². The molecule has 1 nitrogen and oxygen atoms in total. The highest BCUT2D eigenvalue weighted by molar-refractivity contribution is 5.35. The highest BCUT2D eigenvalue weighted by Gasteiger charge is 2.24. The van der Waals surface area contributed by atoms with E-state index in [9.17, 15) is 8.78 Å². The zero-order chi connectivity index (χ0) is 19.9. The number of benzene rings is 2. The van der Waals surface area contributed by atoms with Gasteiger partial charge in [-0.15, -0.1) is 6.58 Å². The SMILES string of the molecule is C=CCCC1CCC(c2ccc(C(OCC)c3c(F)cccc3F)cc2)CC1. The molecule has 3 heteroatoms. The molecule has 0 radical (unpaired) electrons.